The van der Waals surface area contributed by atoms with Crippen LogP contribution < -0.4 is 14.8 Å². The normalized spacial score (nSPS) is 18.2. The summed E-state index contributed by atoms with van der Waals surface area (Å²) >= 11 is 0. The minimum atomic E-state index is -3.53. The van der Waals surface area contributed by atoms with E-state index in [0.29, 0.717) is 23.5 Å². The van der Waals surface area contributed by atoms with E-state index in [1.807, 2.05) is 61.5 Å². The van der Waals surface area contributed by atoms with Gasteiger partial charge in [-0.15, -0.1) is 0 Å². The Morgan fingerprint density at radius 2 is 1.76 bits per heavy atom. The molecule has 194 valence electrons. The summed E-state index contributed by atoms with van der Waals surface area (Å²) in [5, 5.41) is 17.5. The molecule has 1 saturated heterocycles. The molecule has 0 amide bonds. The Morgan fingerprint density at radius 1 is 1.03 bits per heavy atom. The zero-order valence-corrected chi connectivity index (χ0v) is 22.0. The molecule has 0 saturated carbocycles. The van der Waals surface area contributed by atoms with Gasteiger partial charge in [0.1, 0.15) is 17.7 Å². The number of sulfonamides is 1. The lowest BCUT2D eigenvalue weighted by molar-refractivity contribution is 0.130. The number of anilines is 1. The lowest BCUT2D eigenvalue weighted by Gasteiger charge is -2.33. The molecule has 1 fully saturated rings. The van der Waals surface area contributed by atoms with E-state index in [9.17, 15) is 8.42 Å². The topological polar surface area (TPSA) is 124 Å². The van der Waals surface area contributed by atoms with E-state index in [1.54, 1.807) is 11.2 Å². The molecule has 8 nitrogen and oxygen atoms in total. The second-order valence-corrected chi connectivity index (χ2v) is 12.0. The number of nitrogens with zero attached hydrogens (tertiary/aromatic N) is 2. The van der Waals surface area contributed by atoms with Gasteiger partial charge in [-0.1, -0.05) is 24.3 Å². The molecule has 0 unspecified atom stereocenters. The van der Waals surface area contributed by atoms with Crippen LogP contribution in [-0.4, -0.2) is 49.9 Å². The standard InChI is InChI=1S/C28H33N5O3S/c1-3-37(34,35)33-26-9-8-25(36-24-10-12-32(13-11-24)18(2)29)16-23(26)17-27(33)20-6-4-19-5-7-21(28(30)31)15-22(19)14-20/h4-9,14-16,24,27,29H,3,10-13,17H2,1-2H3,(H3,30,31)/t27-/m1/s1. The van der Waals surface area contributed by atoms with Crippen LogP contribution in [0.4, 0.5) is 5.69 Å². The number of rotatable bonds is 6. The molecule has 2 aliphatic rings. The Kier molecular flexibility index (Phi) is 6.58. The van der Waals surface area contributed by atoms with Crippen molar-refractivity contribution in [1.29, 1.82) is 10.8 Å². The van der Waals surface area contributed by atoms with Gasteiger partial charge < -0.3 is 15.4 Å². The van der Waals surface area contributed by atoms with Crippen molar-refractivity contribution in [3.8, 4) is 5.75 Å². The molecule has 9 heteroatoms. The van der Waals surface area contributed by atoms with Gasteiger partial charge in [0.15, 0.2) is 0 Å². The third-order valence-corrected chi connectivity index (χ3v) is 9.21. The zero-order chi connectivity index (χ0) is 26.3. The average molecular weight is 520 g/mol. The van der Waals surface area contributed by atoms with Crippen molar-refractivity contribution in [2.75, 3.05) is 23.1 Å². The molecule has 0 radical (unpaired) electrons. The maximum Gasteiger partial charge on any atom is 0.235 e. The van der Waals surface area contributed by atoms with Crippen molar-refractivity contribution in [3.05, 3.63) is 71.3 Å². The molecular formula is C28H33N5O3S. The van der Waals surface area contributed by atoms with Gasteiger partial charge in [0.05, 0.1) is 23.3 Å². The fourth-order valence-corrected chi connectivity index (χ4v) is 6.69. The molecule has 2 aliphatic heterocycles. The Labute approximate surface area is 218 Å². The highest BCUT2D eigenvalue weighted by molar-refractivity contribution is 7.92. The van der Waals surface area contributed by atoms with Gasteiger partial charge in [-0.3, -0.25) is 15.1 Å². The molecule has 5 rings (SSSR count). The first-order chi connectivity index (χ1) is 17.7. The van der Waals surface area contributed by atoms with Gasteiger partial charge in [-0.25, -0.2) is 8.42 Å². The van der Waals surface area contributed by atoms with E-state index in [-0.39, 0.29) is 23.7 Å². The van der Waals surface area contributed by atoms with Crippen molar-refractivity contribution in [1.82, 2.24) is 4.90 Å². The summed E-state index contributed by atoms with van der Waals surface area (Å²) in [5.74, 6) is 1.35. The van der Waals surface area contributed by atoms with Crippen LogP contribution >= 0.6 is 0 Å². The van der Waals surface area contributed by atoms with Crippen molar-refractivity contribution in [2.24, 2.45) is 5.73 Å². The van der Waals surface area contributed by atoms with Crippen LogP contribution in [0.5, 0.6) is 5.75 Å². The highest BCUT2D eigenvalue weighted by Gasteiger charge is 2.38. The summed E-state index contributed by atoms with van der Waals surface area (Å²) < 4.78 is 34.4. The number of amidine groups is 2. The van der Waals surface area contributed by atoms with Gasteiger partial charge in [0, 0.05) is 37.9 Å². The second-order valence-electron chi connectivity index (χ2n) is 9.83. The highest BCUT2D eigenvalue weighted by Crippen LogP contribution is 2.44. The Morgan fingerprint density at radius 3 is 2.43 bits per heavy atom. The fraction of sp³-hybridized carbons (Fsp3) is 0.357. The van der Waals surface area contributed by atoms with E-state index < -0.39 is 10.0 Å². The van der Waals surface area contributed by atoms with Gasteiger partial charge >= 0.3 is 0 Å². The van der Waals surface area contributed by atoms with Crippen LogP contribution in [0.25, 0.3) is 10.8 Å². The number of nitrogens with one attached hydrogen (secondary N) is 2. The van der Waals surface area contributed by atoms with Crippen molar-refractivity contribution in [3.63, 3.8) is 0 Å². The van der Waals surface area contributed by atoms with Crippen LogP contribution in [0.2, 0.25) is 0 Å². The predicted octanol–water partition coefficient (Wildman–Crippen LogP) is 4.42. The molecule has 3 aromatic rings. The van der Waals surface area contributed by atoms with E-state index in [0.717, 1.165) is 53.6 Å². The number of hydrogen-bond donors (Lipinski definition) is 3. The number of likely N-dealkylation sites (tertiary alicyclic amines) is 1. The summed E-state index contributed by atoms with van der Waals surface area (Å²) in [6.07, 6.45) is 2.34. The number of piperidine rings is 1. The third-order valence-electron chi connectivity index (χ3n) is 7.43. The molecule has 1 atom stereocenters. The van der Waals surface area contributed by atoms with Crippen LogP contribution in [0.15, 0.2) is 54.6 Å². The summed E-state index contributed by atoms with van der Waals surface area (Å²) in [7, 11) is -3.53. The lowest BCUT2D eigenvalue weighted by atomic mass is 9.98. The van der Waals surface area contributed by atoms with Gasteiger partial charge in [0.2, 0.25) is 10.0 Å². The van der Waals surface area contributed by atoms with Crippen LogP contribution in [0.1, 0.15) is 49.4 Å². The van der Waals surface area contributed by atoms with E-state index in [2.05, 4.69) is 4.90 Å². The molecule has 0 spiro atoms. The number of ether oxygens (including phenoxy) is 1. The van der Waals surface area contributed by atoms with Gasteiger partial charge in [-0.05, 0) is 66.1 Å². The summed E-state index contributed by atoms with van der Waals surface area (Å²) in [4.78, 5) is 2.06. The molecule has 37 heavy (non-hydrogen) atoms. The molecule has 3 aromatic carbocycles. The largest absolute Gasteiger partial charge is 0.490 e. The maximum atomic E-state index is 13.3. The molecule has 4 N–H and O–H groups in total. The van der Waals surface area contributed by atoms with Gasteiger partial charge in [0.25, 0.3) is 0 Å². The monoisotopic (exact) mass is 519 g/mol. The smallest absolute Gasteiger partial charge is 0.235 e. The predicted molar refractivity (Wildman–Crippen MR) is 148 cm³/mol. The quantitative estimate of drug-likeness (QED) is 0.329. The fourth-order valence-electron chi connectivity index (χ4n) is 5.35. The lowest BCUT2D eigenvalue weighted by Crippen LogP contribution is -2.40. The number of benzene rings is 3. The highest BCUT2D eigenvalue weighted by atomic mass is 32.2. The van der Waals surface area contributed by atoms with Crippen molar-refractivity contribution < 1.29 is 13.2 Å². The minimum Gasteiger partial charge on any atom is -0.490 e. The number of fused-ring (bicyclic) bond motifs is 2. The van der Waals surface area contributed by atoms with Crippen LogP contribution in [0, 0.1) is 10.8 Å². The van der Waals surface area contributed by atoms with E-state index in [1.165, 1.54) is 0 Å². The molecule has 0 bridgehead atoms. The third kappa shape index (κ3) is 4.87. The van der Waals surface area contributed by atoms with E-state index >= 15 is 0 Å². The molecule has 0 aliphatic carbocycles. The zero-order valence-electron chi connectivity index (χ0n) is 21.2. The summed E-state index contributed by atoms with van der Waals surface area (Å²) in [5.41, 5.74) is 8.88. The van der Waals surface area contributed by atoms with Crippen LogP contribution in [0.3, 0.4) is 0 Å². The summed E-state index contributed by atoms with van der Waals surface area (Å²) in [6, 6.07) is 17.0. The Hall–Kier alpha value is -3.59. The molecule has 2 heterocycles. The van der Waals surface area contributed by atoms with Crippen molar-refractivity contribution >= 4 is 38.2 Å². The van der Waals surface area contributed by atoms with Crippen molar-refractivity contribution in [2.45, 2.75) is 45.3 Å². The maximum absolute atomic E-state index is 13.3. The number of nitrogen functional groups attached to an aromatic ring is 1. The second kappa shape index (κ2) is 9.70. The first kappa shape index (κ1) is 25.1. The molecular weight excluding hydrogens is 486 g/mol. The average Bonchev–Trinajstić information content (AvgIpc) is 3.28. The Balaban J connectivity index is 1.45. The first-order valence-electron chi connectivity index (χ1n) is 12.7. The number of hydrogen-bond acceptors (Lipinski definition) is 5. The minimum absolute atomic E-state index is 0.00178. The number of nitrogens with two attached hydrogens (primary N) is 1. The van der Waals surface area contributed by atoms with Crippen LogP contribution in [-0.2, 0) is 16.4 Å². The van der Waals surface area contributed by atoms with Gasteiger partial charge in [-0.2, -0.15) is 0 Å². The van der Waals surface area contributed by atoms with E-state index in [4.69, 9.17) is 21.3 Å². The molecule has 0 aromatic heterocycles. The summed E-state index contributed by atoms with van der Waals surface area (Å²) in [6.45, 7) is 5.10. The Bertz CT molecular complexity index is 1480. The first-order valence-corrected chi connectivity index (χ1v) is 14.3. The SMILES string of the molecule is CCS(=O)(=O)N1c2ccc(OC3CCN(C(C)=N)CC3)cc2C[C@@H]1c1ccc2ccc(C(=N)N)cc2c1.